The molecule has 1 heterocycles. The highest BCUT2D eigenvalue weighted by atomic mass is 32.2. The maximum Gasteiger partial charge on any atom is 0.326 e. The van der Waals surface area contributed by atoms with Gasteiger partial charge in [0.2, 0.25) is 0 Å². The van der Waals surface area contributed by atoms with Crippen molar-refractivity contribution >= 4 is 23.8 Å². The van der Waals surface area contributed by atoms with Gasteiger partial charge in [0.05, 0.1) is 6.10 Å². The Hall–Kier alpha value is -0.950. The number of amides is 2. The number of carboxylic acids is 1. The van der Waals surface area contributed by atoms with Crippen LogP contribution in [-0.4, -0.2) is 63.4 Å². The molecular formula is C12H22N2O4S. The Morgan fingerprint density at radius 2 is 2.21 bits per heavy atom. The number of thioether (sulfide) groups is 1. The third kappa shape index (κ3) is 4.91. The Balaban J connectivity index is 2.45. The summed E-state index contributed by atoms with van der Waals surface area (Å²) in [5.41, 5.74) is 0. The minimum Gasteiger partial charge on any atom is -0.480 e. The summed E-state index contributed by atoms with van der Waals surface area (Å²) in [4.78, 5) is 24.2. The minimum absolute atomic E-state index is 0.00117. The summed E-state index contributed by atoms with van der Waals surface area (Å²) >= 11 is 1.80. The molecule has 2 amide bonds. The summed E-state index contributed by atoms with van der Waals surface area (Å²) in [6.45, 7) is 4.06. The zero-order valence-electron chi connectivity index (χ0n) is 11.3. The molecule has 1 rings (SSSR count). The number of hydrogen-bond acceptors (Lipinski definition) is 4. The minimum atomic E-state index is -1.07. The van der Waals surface area contributed by atoms with Gasteiger partial charge in [-0.3, -0.25) is 0 Å². The number of nitrogens with zero attached hydrogens (tertiary/aromatic N) is 1. The zero-order chi connectivity index (χ0) is 14.4. The van der Waals surface area contributed by atoms with Gasteiger partial charge in [-0.25, -0.2) is 9.59 Å². The third-order valence-corrected chi connectivity index (χ3v) is 4.03. The number of carbonyl (C=O) groups excluding carboxylic acids is 1. The van der Waals surface area contributed by atoms with Crippen molar-refractivity contribution < 1.29 is 19.8 Å². The summed E-state index contributed by atoms with van der Waals surface area (Å²) in [5.74, 6) is 0.934. The lowest BCUT2D eigenvalue weighted by atomic mass is 10.2. The lowest BCUT2D eigenvalue weighted by molar-refractivity contribution is -0.141. The van der Waals surface area contributed by atoms with Gasteiger partial charge in [0.1, 0.15) is 6.04 Å². The molecule has 0 spiro atoms. The average molecular weight is 290 g/mol. The van der Waals surface area contributed by atoms with Crippen LogP contribution in [0, 0.1) is 0 Å². The average Bonchev–Trinajstić information content (AvgIpc) is 2.72. The Kier molecular flexibility index (Phi) is 6.44. The molecule has 1 saturated heterocycles. The molecule has 0 aromatic carbocycles. The van der Waals surface area contributed by atoms with E-state index in [9.17, 15) is 14.7 Å². The monoisotopic (exact) mass is 290 g/mol. The first-order valence-corrected chi connectivity index (χ1v) is 7.66. The summed E-state index contributed by atoms with van der Waals surface area (Å²) in [5, 5.41) is 21.3. The fourth-order valence-corrected chi connectivity index (χ4v) is 2.85. The van der Waals surface area contributed by atoms with Crippen molar-refractivity contribution in [3.8, 4) is 0 Å². The first-order valence-electron chi connectivity index (χ1n) is 6.51. The molecule has 0 aromatic heterocycles. The van der Waals surface area contributed by atoms with Gasteiger partial charge in [0.25, 0.3) is 0 Å². The Morgan fingerprint density at radius 1 is 1.53 bits per heavy atom. The van der Waals surface area contributed by atoms with Crippen LogP contribution in [0.1, 0.15) is 26.7 Å². The van der Waals surface area contributed by atoms with Gasteiger partial charge in [-0.1, -0.05) is 6.92 Å². The van der Waals surface area contributed by atoms with Gasteiger partial charge >= 0.3 is 12.0 Å². The number of carboxylic acid groups (broad SMARTS) is 1. The van der Waals surface area contributed by atoms with Crippen LogP contribution in [0.5, 0.6) is 0 Å². The normalized spacial score (nSPS) is 24.3. The molecule has 0 aliphatic carbocycles. The fourth-order valence-electron chi connectivity index (χ4n) is 2.04. The molecular weight excluding hydrogens is 268 g/mol. The van der Waals surface area contributed by atoms with Crippen LogP contribution in [0.25, 0.3) is 0 Å². The Bertz CT molecular complexity index is 327. The molecule has 0 saturated carbocycles. The molecule has 7 heteroatoms. The van der Waals surface area contributed by atoms with E-state index in [-0.39, 0.29) is 19.0 Å². The fraction of sp³-hybridized carbons (Fsp3) is 0.833. The zero-order valence-corrected chi connectivity index (χ0v) is 12.2. The van der Waals surface area contributed by atoms with Gasteiger partial charge in [0, 0.05) is 19.0 Å². The van der Waals surface area contributed by atoms with E-state index in [0.717, 1.165) is 17.9 Å². The van der Waals surface area contributed by atoms with Crippen LogP contribution < -0.4 is 5.32 Å². The molecule has 1 aliphatic rings. The first-order chi connectivity index (χ1) is 8.95. The molecule has 110 valence electrons. The van der Waals surface area contributed by atoms with Gasteiger partial charge in [-0.2, -0.15) is 11.8 Å². The molecule has 1 aliphatic heterocycles. The lowest BCUT2D eigenvalue weighted by Crippen LogP contribution is -2.48. The second-order valence-corrected chi connectivity index (χ2v) is 6.13. The molecule has 0 bridgehead atoms. The van der Waals surface area contributed by atoms with Gasteiger partial charge in [-0.05, 0) is 24.9 Å². The van der Waals surface area contributed by atoms with Gasteiger partial charge in [-0.15, -0.1) is 0 Å². The molecule has 19 heavy (non-hydrogen) atoms. The van der Waals surface area contributed by atoms with Crippen molar-refractivity contribution in [2.24, 2.45) is 0 Å². The smallest absolute Gasteiger partial charge is 0.326 e. The van der Waals surface area contributed by atoms with E-state index in [1.165, 1.54) is 4.90 Å². The Morgan fingerprint density at radius 3 is 2.79 bits per heavy atom. The van der Waals surface area contributed by atoms with Crippen LogP contribution in [0.4, 0.5) is 4.79 Å². The van der Waals surface area contributed by atoms with Crippen LogP contribution in [-0.2, 0) is 4.79 Å². The van der Waals surface area contributed by atoms with E-state index >= 15 is 0 Å². The standard InChI is InChI=1S/C12H22N2O4S/c1-3-19-5-4-8(2)13-12(18)14-7-9(15)6-10(14)11(16)17/h8-10,15H,3-7H2,1-2H3,(H,13,18)(H,16,17)/t8?,9-,10-/m1/s1. The van der Waals surface area contributed by atoms with Gasteiger partial charge < -0.3 is 20.4 Å². The number of urea groups is 1. The maximum absolute atomic E-state index is 12.0. The maximum atomic E-state index is 12.0. The highest BCUT2D eigenvalue weighted by molar-refractivity contribution is 7.99. The van der Waals surface area contributed by atoms with E-state index in [0.29, 0.717) is 0 Å². The number of aliphatic hydroxyl groups is 1. The quantitative estimate of drug-likeness (QED) is 0.628. The second-order valence-electron chi connectivity index (χ2n) is 4.73. The number of nitrogens with one attached hydrogen (secondary N) is 1. The highest BCUT2D eigenvalue weighted by Gasteiger charge is 2.39. The van der Waals surface area contributed by atoms with Crippen molar-refractivity contribution in [2.75, 3.05) is 18.1 Å². The molecule has 3 atom stereocenters. The molecule has 0 aromatic rings. The third-order valence-electron chi connectivity index (χ3n) is 3.09. The summed E-state index contributed by atoms with van der Waals surface area (Å²) in [6, 6.07) is -1.33. The molecule has 6 nitrogen and oxygen atoms in total. The van der Waals surface area contributed by atoms with E-state index in [1.54, 1.807) is 11.8 Å². The largest absolute Gasteiger partial charge is 0.480 e. The van der Waals surface area contributed by atoms with Crippen molar-refractivity contribution in [3.63, 3.8) is 0 Å². The lowest BCUT2D eigenvalue weighted by Gasteiger charge is -2.24. The van der Waals surface area contributed by atoms with E-state index in [4.69, 9.17) is 5.11 Å². The van der Waals surface area contributed by atoms with E-state index in [1.807, 2.05) is 6.92 Å². The number of likely N-dealkylation sites (tertiary alicyclic amines) is 1. The highest BCUT2D eigenvalue weighted by Crippen LogP contribution is 2.18. The SMILES string of the molecule is CCSCCC(C)NC(=O)N1C[C@H](O)C[C@@H]1C(=O)O. The molecule has 1 unspecified atom stereocenters. The topological polar surface area (TPSA) is 89.9 Å². The molecule has 0 radical (unpaired) electrons. The predicted octanol–water partition coefficient (Wildman–Crippen LogP) is 0.747. The number of hydrogen-bond donors (Lipinski definition) is 3. The molecule has 1 fully saturated rings. The number of β-amino-alcohol motifs (C(OH)–C–C–N with tert-alkyl or cyclic N) is 1. The van der Waals surface area contributed by atoms with Crippen molar-refractivity contribution in [2.45, 2.75) is 44.9 Å². The van der Waals surface area contributed by atoms with E-state index < -0.39 is 24.1 Å². The first kappa shape index (κ1) is 16.1. The van der Waals surface area contributed by atoms with Gasteiger partial charge in [0.15, 0.2) is 0 Å². The summed E-state index contributed by atoms with van der Waals surface area (Å²) in [7, 11) is 0. The van der Waals surface area contributed by atoms with Crippen LogP contribution in [0.3, 0.4) is 0 Å². The number of rotatable bonds is 6. The number of carbonyl (C=O) groups is 2. The van der Waals surface area contributed by atoms with Crippen LogP contribution in [0.15, 0.2) is 0 Å². The van der Waals surface area contributed by atoms with Crippen molar-refractivity contribution in [1.29, 1.82) is 0 Å². The summed E-state index contributed by atoms with van der Waals surface area (Å²) in [6.07, 6.45) is 0.194. The van der Waals surface area contributed by atoms with Crippen LogP contribution in [0.2, 0.25) is 0 Å². The summed E-state index contributed by atoms with van der Waals surface area (Å²) < 4.78 is 0. The van der Waals surface area contributed by atoms with Crippen molar-refractivity contribution in [3.05, 3.63) is 0 Å². The van der Waals surface area contributed by atoms with Crippen LogP contribution >= 0.6 is 11.8 Å². The second kappa shape index (κ2) is 7.59. The predicted molar refractivity (Wildman–Crippen MR) is 74.4 cm³/mol. The van der Waals surface area contributed by atoms with E-state index in [2.05, 4.69) is 12.2 Å². The molecule has 3 N–H and O–H groups in total. The number of aliphatic hydroxyl groups excluding tert-OH is 1. The number of aliphatic carboxylic acids is 1. The Labute approximate surface area is 117 Å². The van der Waals surface area contributed by atoms with Crippen molar-refractivity contribution in [1.82, 2.24) is 10.2 Å².